The van der Waals surface area contributed by atoms with Gasteiger partial charge in [0.2, 0.25) is 0 Å². The summed E-state index contributed by atoms with van der Waals surface area (Å²) in [7, 11) is 5.30. The molecule has 0 saturated heterocycles. The van der Waals surface area contributed by atoms with Gasteiger partial charge in [-0.15, -0.1) is 0 Å². The van der Waals surface area contributed by atoms with Crippen LogP contribution in [0.2, 0.25) is 24.3 Å². The van der Waals surface area contributed by atoms with Crippen molar-refractivity contribution >= 4 is 39.4 Å². The second-order valence-corrected chi connectivity index (χ2v) is 8.95. The van der Waals surface area contributed by atoms with Crippen LogP contribution in [0.4, 0.5) is 0 Å². The number of halogens is 1. The van der Waals surface area contributed by atoms with Crippen molar-refractivity contribution in [2.24, 2.45) is 0 Å². The van der Waals surface area contributed by atoms with Crippen LogP contribution in [0.25, 0.3) is 0 Å². The van der Waals surface area contributed by atoms with Crippen LogP contribution in [-0.2, 0) is 0 Å². The Morgan fingerprint density at radius 2 is 1.29 bits per heavy atom. The summed E-state index contributed by atoms with van der Waals surface area (Å²) in [5.74, 6) is 0. The van der Waals surface area contributed by atoms with Crippen LogP contribution in [0.3, 0.4) is 0 Å². The molecule has 0 aliphatic carbocycles. The van der Waals surface area contributed by atoms with Gasteiger partial charge in [0.25, 0.3) is 0 Å². The Labute approximate surface area is 63.4 Å². The van der Waals surface area contributed by atoms with Crippen molar-refractivity contribution in [1.29, 1.82) is 0 Å². The fraction of sp³-hybridized carbons (Fsp3) is 1.00. The molecule has 0 aliphatic heterocycles. The topological polar surface area (TPSA) is 0 Å². The van der Waals surface area contributed by atoms with E-state index in [2.05, 4.69) is 24.3 Å². The summed E-state index contributed by atoms with van der Waals surface area (Å²) in [5, 5.41) is 0. The molecule has 0 saturated carbocycles. The van der Waals surface area contributed by atoms with Gasteiger partial charge in [-0.3, -0.25) is 0 Å². The van der Waals surface area contributed by atoms with E-state index < -0.39 is 0 Å². The monoisotopic (exact) mass is 332 g/mol. The molecule has 0 aliphatic rings. The van der Waals surface area contributed by atoms with Crippen molar-refractivity contribution in [3.8, 4) is 0 Å². The molecule has 0 N–H and O–H groups in total. The van der Waals surface area contributed by atoms with Crippen LogP contribution >= 0.6 is 8.51 Å². The second-order valence-electron chi connectivity index (χ2n) is 1.67. The molecule has 2 radical (unpaired) electrons. The molecule has 0 aromatic carbocycles. The van der Waals surface area contributed by atoms with Gasteiger partial charge in [-0.05, 0) is 0 Å². The Bertz CT molecular complexity index is 22.9. The van der Waals surface area contributed by atoms with Crippen molar-refractivity contribution in [2.45, 2.75) is 24.3 Å². The molecule has 7 heavy (non-hydrogen) atoms. The molecule has 0 aromatic rings. The van der Waals surface area contributed by atoms with Crippen molar-refractivity contribution in [1.82, 2.24) is 0 Å². The molecule has 0 fully saturated rings. The van der Waals surface area contributed by atoms with Gasteiger partial charge in [0.05, 0.1) is 0 Å². The van der Waals surface area contributed by atoms with Crippen LogP contribution in [0.15, 0.2) is 0 Å². The van der Waals surface area contributed by atoms with Crippen molar-refractivity contribution in [2.75, 3.05) is 0 Å². The molecular weight excluding hydrogens is 321 g/mol. The summed E-state index contributed by atoms with van der Waals surface area (Å²) in [5.41, 5.74) is 0. The molecular formula is C4H12BiClSi. The molecule has 0 rings (SSSR count). The first-order chi connectivity index (χ1) is 3.15. The van der Waals surface area contributed by atoms with E-state index >= 15 is 0 Å². The average molecular weight is 333 g/mol. The summed E-state index contributed by atoms with van der Waals surface area (Å²) in [6.07, 6.45) is 0. The van der Waals surface area contributed by atoms with Gasteiger partial charge in [0, 0.05) is 8.80 Å². The van der Waals surface area contributed by atoms with E-state index in [1.54, 1.807) is 0 Å². The van der Waals surface area contributed by atoms with E-state index in [0.29, 0.717) is 0 Å². The molecule has 0 amide bonds. The number of hydrogen-bond acceptors (Lipinski definition) is 0. The summed E-state index contributed by atoms with van der Waals surface area (Å²) < 4.78 is 2.07. The number of rotatable bonds is 0. The van der Waals surface area contributed by atoms with Crippen molar-refractivity contribution in [3.63, 3.8) is 0 Å². The Balaban J connectivity index is 0. The molecule has 0 heterocycles. The Morgan fingerprint density at radius 3 is 1.29 bits per heavy atom. The summed E-state index contributed by atoms with van der Waals surface area (Å²) in [4.78, 5) is 0. The third-order valence-electron chi connectivity index (χ3n) is 0. The van der Waals surface area contributed by atoms with Crippen molar-refractivity contribution < 1.29 is 0 Å². The standard InChI is InChI=1S/C3H9Si.CH3.Bi.ClH/c1-4(2)3;;;/h1-3H3;1H3;;1H/q;;+1;/p-1. The molecule has 0 unspecified atom stereocenters. The van der Waals surface area contributed by atoms with E-state index in [4.69, 9.17) is 8.51 Å². The summed E-state index contributed by atoms with van der Waals surface area (Å²) in [6, 6.07) is 0. The first kappa shape index (κ1) is 11.2. The maximum absolute atomic E-state index is 5.18. The molecule has 44 valence electrons. The predicted octanol–water partition coefficient (Wildman–Crippen LogP) is 2.26. The fourth-order valence-corrected chi connectivity index (χ4v) is 0. The molecule has 3 heteroatoms. The predicted molar refractivity (Wildman–Crippen MR) is 40.8 cm³/mol. The SMILES string of the molecule is C[Si](C)C.[CH3][Bi][Cl]. The second kappa shape index (κ2) is 10.4. The van der Waals surface area contributed by atoms with Gasteiger partial charge in [0.1, 0.15) is 0 Å². The third kappa shape index (κ3) is 111. The first-order valence-electron chi connectivity index (χ1n) is 2.12. The zero-order valence-electron chi connectivity index (χ0n) is 5.33. The summed E-state index contributed by atoms with van der Waals surface area (Å²) >= 11 is -0.361. The zero-order valence-corrected chi connectivity index (χ0v) is 10.6. The molecule has 0 aromatic heterocycles. The van der Waals surface area contributed by atoms with Gasteiger partial charge in [0.15, 0.2) is 0 Å². The summed E-state index contributed by atoms with van der Waals surface area (Å²) in [6.45, 7) is 6.81. The fourth-order valence-electron chi connectivity index (χ4n) is 0. The van der Waals surface area contributed by atoms with E-state index in [-0.39, 0.29) is 30.8 Å². The molecule has 0 bridgehead atoms. The van der Waals surface area contributed by atoms with E-state index in [0.717, 1.165) is 0 Å². The van der Waals surface area contributed by atoms with Gasteiger partial charge in [-0.25, -0.2) is 0 Å². The van der Waals surface area contributed by atoms with E-state index in [1.807, 2.05) is 0 Å². The third-order valence-corrected chi connectivity index (χ3v) is 0. The Hall–Kier alpha value is 1.39. The minimum atomic E-state index is -0.361. The van der Waals surface area contributed by atoms with Crippen LogP contribution in [0.1, 0.15) is 0 Å². The van der Waals surface area contributed by atoms with E-state index in [9.17, 15) is 0 Å². The average Bonchev–Trinajstić information content (AvgIpc) is 1.33. The minimum absolute atomic E-state index is 0.120. The zero-order chi connectivity index (χ0) is 6.28. The molecule has 0 atom stereocenters. The van der Waals surface area contributed by atoms with Gasteiger partial charge in [-0.2, -0.15) is 0 Å². The van der Waals surface area contributed by atoms with Gasteiger partial charge < -0.3 is 0 Å². The Kier molecular flexibility index (Phi) is 16.7. The van der Waals surface area contributed by atoms with E-state index in [1.165, 1.54) is 0 Å². The van der Waals surface area contributed by atoms with Gasteiger partial charge in [-0.1, -0.05) is 19.6 Å². The van der Waals surface area contributed by atoms with Gasteiger partial charge >= 0.3 is 35.2 Å². The van der Waals surface area contributed by atoms with Crippen molar-refractivity contribution in [3.05, 3.63) is 0 Å². The normalized spacial score (nSPS) is 7.71. The number of hydrogen-bond donors (Lipinski definition) is 0. The quantitative estimate of drug-likeness (QED) is 0.597. The molecule has 0 spiro atoms. The van der Waals surface area contributed by atoms with Crippen LogP contribution < -0.4 is 0 Å². The van der Waals surface area contributed by atoms with Crippen LogP contribution in [0, 0.1) is 0 Å². The van der Waals surface area contributed by atoms with Crippen LogP contribution in [0.5, 0.6) is 0 Å². The Morgan fingerprint density at radius 1 is 1.29 bits per heavy atom. The first-order valence-corrected chi connectivity index (χ1v) is 12.9. The maximum atomic E-state index is 5.18. The van der Waals surface area contributed by atoms with Crippen LogP contribution in [-0.4, -0.2) is 30.8 Å². The molecule has 0 nitrogen and oxygen atoms in total.